The van der Waals surface area contributed by atoms with Crippen LogP contribution in [-0.4, -0.2) is 12.5 Å². The second-order valence-corrected chi connectivity index (χ2v) is 5.72. The van der Waals surface area contributed by atoms with Crippen molar-refractivity contribution in [3.8, 4) is 5.75 Å². The highest BCUT2D eigenvalue weighted by Gasteiger charge is 2.12. The van der Waals surface area contributed by atoms with E-state index >= 15 is 0 Å². The number of ether oxygens (including phenoxy) is 1. The molecule has 1 unspecified atom stereocenters. The molecule has 1 N–H and O–H groups in total. The molecule has 0 fully saturated rings. The summed E-state index contributed by atoms with van der Waals surface area (Å²) in [5.41, 5.74) is 1.43. The van der Waals surface area contributed by atoms with Crippen molar-refractivity contribution in [1.82, 2.24) is 0 Å². The summed E-state index contributed by atoms with van der Waals surface area (Å²) in [7, 11) is 0. The quantitative estimate of drug-likeness (QED) is 0.805. The molecule has 3 nitrogen and oxygen atoms in total. The first-order chi connectivity index (χ1) is 11.0. The van der Waals surface area contributed by atoms with Crippen LogP contribution in [0.15, 0.2) is 42.5 Å². The Morgan fingerprint density at radius 1 is 1.30 bits per heavy atom. The molecule has 0 heterocycles. The van der Waals surface area contributed by atoms with Gasteiger partial charge in [-0.15, -0.1) is 0 Å². The van der Waals surface area contributed by atoms with E-state index in [1.807, 2.05) is 24.3 Å². The van der Waals surface area contributed by atoms with E-state index in [-0.39, 0.29) is 17.5 Å². The minimum absolute atomic E-state index is 0.138. The van der Waals surface area contributed by atoms with Gasteiger partial charge in [0.1, 0.15) is 11.6 Å². The van der Waals surface area contributed by atoms with E-state index in [0.29, 0.717) is 17.4 Å². The molecule has 0 saturated heterocycles. The number of para-hydroxylation sites is 1. The Kier molecular flexibility index (Phi) is 5.99. The van der Waals surface area contributed by atoms with Gasteiger partial charge in [0.25, 0.3) is 5.91 Å². The molecular weight excluding hydrogens is 317 g/mol. The van der Waals surface area contributed by atoms with Crippen molar-refractivity contribution in [1.29, 1.82) is 0 Å². The molecule has 1 atom stereocenters. The zero-order valence-electron chi connectivity index (χ0n) is 13.1. The molecule has 0 aliphatic rings. The third-order valence-corrected chi connectivity index (χ3v) is 3.94. The second-order valence-electron chi connectivity index (χ2n) is 5.31. The summed E-state index contributed by atoms with van der Waals surface area (Å²) in [6.45, 7) is 4.08. The SMILES string of the molecule is CCC(C)c1ccccc1OCC(=O)Nc1ccc(F)cc1Cl. The van der Waals surface area contributed by atoms with Crippen LogP contribution in [0.3, 0.4) is 0 Å². The Hall–Kier alpha value is -2.07. The molecule has 0 aromatic heterocycles. The lowest BCUT2D eigenvalue weighted by Crippen LogP contribution is -2.20. The van der Waals surface area contributed by atoms with Crippen LogP contribution in [-0.2, 0) is 4.79 Å². The van der Waals surface area contributed by atoms with Gasteiger partial charge in [-0.3, -0.25) is 4.79 Å². The molecule has 0 spiro atoms. The molecule has 122 valence electrons. The van der Waals surface area contributed by atoms with E-state index in [1.165, 1.54) is 12.1 Å². The first-order valence-electron chi connectivity index (χ1n) is 7.48. The molecule has 2 rings (SSSR count). The molecule has 2 aromatic rings. The predicted molar refractivity (Wildman–Crippen MR) is 90.7 cm³/mol. The molecule has 0 bridgehead atoms. The Bertz CT molecular complexity index is 690. The lowest BCUT2D eigenvalue weighted by atomic mass is 9.98. The van der Waals surface area contributed by atoms with Crippen molar-refractivity contribution >= 4 is 23.2 Å². The predicted octanol–water partition coefficient (Wildman–Crippen LogP) is 5.01. The van der Waals surface area contributed by atoms with Gasteiger partial charge >= 0.3 is 0 Å². The van der Waals surface area contributed by atoms with Gasteiger partial charge in [-0.05, 0) is 42.2 Å². The van der Waals surface area contributed by atoms with Gasteiger partial charge < -0.3 is 10.1 Å². The van der Waals surface area contributed by atoms with Crippen molar-refractivity contribution in [2.45, 2.75) is 26.2 Å². The average molecular weight is 336 g/mol. The van der Waals surface area contributed by atoms with Crippen molar-refractivity contribution < 1.29 is 13.9 Å². The lowest BCUT2D eigenvalue weighted by Gasteiger charge is -2.15. The molecule has 2 aromatic carbocycles. The average Bonchev–Trinajstić information content (AvgIpc) is 2.55. The molecule has 5 heteroatoms. The highest BCUT2D eigenvalue weighted by Crippen LogP contribution is 2.28. The smallest absolute Gasteiger partial charge is 0.262 e. The first kappa shape index (κ1) is 17.3. The minimum atomic E-state index is -0.452. The van der Waals surface area contributed by atoms with Gasteiger partial charge in [0.2, 0.25) is 0 Å². The van der Waals surface area contributed by atoms with E-state index in [1.54, 1.807) is 0 Å². The summed E-state index contributed by atoms with van der Waals surface area (Å²) >= 11 is 5.88. The van der Waals surface area contributed by atoms with Crippen molar-refractivity contribution in [3.63, 3.8) is 0 Å². The van der Waals surface area contributed by atoms with E-state index in [9.17, 15) is 9.18 Å². The van der Waals surface area contributed by atoms with Crippen molar-refractivity contribution in [3.05, 3.63) is 58.9 Å². The number of anilines is 1. The fourth-order valence-electron chi connectivity index (χ4n) is 2.16. The van der Waals surface area contributed by atoms with E-state index in [4.69, 9.17) is 16.3 Å². The largest absolute Gasteiger partial charge is 0.483 e. The molecule has 0 aliphatic carbocycles. The normalized spacial score (nSPS) is 11.8. The number of hydrogen-bond donors (Lipinski definition) is 1. The number of halogens is 2. The molecular formula is C18H19ClFNO2. The van der Waals surface area contributed by atoms with Gasteiger partial charge in [0.15, 0.2) is 6.61 Å². The fourth-order valence-corrected chi connectivity index (χ4v) is 2.37. The maximum Gasteiger partial charge on any atom is 0.262 e. The van der Waals surface area contributed by atoms with Crippen LogP contribution in [0.1, 0.15) is 31.7 Å². The Balaban J connectivity index is 2.00. The monoisotopic (exact) mass is 335 g/mol. The standard InChI is InChI=1S/C18H19ClFNO2/c1-3-12(2)14-6-4-5-7-17(14)23-11-18(22)21-16-9-8-13(20)10-15(16)19/h4-10,12H,3,11H2,1-2H3,(H,21,22). The summed E-state index contributed by atoms with van der Waals surface area (Å²) in [4.78, 5) is 12.0. The number of hydrogen-bond acceptors (Lipinski definition) is 2. The highest BCUT2D eigenvalue weighted by molar-refractivity contribution is 6.33. The van der Waals surface area contributed by atoms with Crippen LogP contribution in [0.25, 0.3) is 0 Å². The maximum absolute atomic E-state index is 13.0. The zero-order chi connectivity index (χ0) is 16.8. The van der Waals surface area contributed by atoms with E-state index < -0.39 is 5.82 Å². The van der Waals surface area contributed by atoms with Gasteiger partial charge in [0.05, 0.1) is 10.7 Å². The molecule has 0 saturated carbocycles. The third-order valence-electron chi connectivity index (χ3n) is 3.63. The minimum Gasteiger partial charge on any atom is -0.483 e. The van der Waals surface area contributed by atoms with Crippen LogP contribution in [0.2, 0.25) is 5.02 Å². The number of benzene rings is 2. The third kappa shape index (κ3) is 4.70. The summed E-state index contributed by atoms with van der Waals surface area (Å²) in [5, 5.41) is 2.76. The summed E-state index contributed by atoms with van der Waals surface area (Å²) in [6, 6.07) is 11.5. The van der Waals surface area contributed by atoms with Gasteiger partial charge in [-0.25, -0.2) is 4.39 Å². The topological polar surface area (TPSA) is 38.3 Å². The van der Waals surface area contributed by atoms with Crippen molar-refractivity contribution in [2.75, 3.05) is 11.9 Å². The summed E-state index contributed by atoms with van der Waals surface area (Å²) in [6.07, 6.45) is 0.984. The first-order valence-corrected chi connectivity index (χ1v) is 7.85. The van der Waals surface area contributed by atoms with Crippen LogP contribution >= 0.6 is 11.6 Å². The number of nitrogens with one attached hydrogen (secondary N) is 1. The fraction of sp³-hybridized carbons (Fsp3) is 0.278. The Labute approximate surface area is 140 Å². The van der Waals surface area contributed by atoms with Crippen LogP contribution in [0.4, 0.5) is 10.1 Å². The maximum atomic E-state index is 13.0. The molecule has 0 aliphatic heterocycles. The van der Waals surface area contributed by atoms with Crippen LogP contribution < -0.4 is 10.1 Å². The second kappa shape index (κ2) is 7.97. The number of carbonyl (C=O) groups is 1. The highest BCUT2D eigenvalue weighted by atomic mass is 35.5. The van der Waals surface area contributed by atoms with E-state index in [2.05, 4.69) is 19.2 Å². The van der Waals surface area contributed by atoms with Crippen LogP contribution in [0.5, 0.6) is 5.75 Å². The molecule has 0 radical (unpaired) electrons. The molecule has 1 amide bonds. The lowest BCUT2D eigenvalue weighted by molar-refractivity contribution is -0.118. The van der Waals surface area contributed by atoms with Crippen LogP contribution in [0, 0.1) is 5.82 Å². The zero-order valence-corrected chi connectivity index (χ0v) is 13.9. The summed E-state index contributed by atoms with van der Waals surface area (Å²) in [5.74, 6) is 0.243. The van der Waals surface area contributed by atoms with Gasteiger partial charge in [-0.1, -0.05) is 43.6 Å². The Morgan fingerprint density at radius 3 is 2.74 bits per heavy atom. The van der Waals surface area contributed by atoms with Crippen molar-refractivity contribution in [2.24, 2.45) is 0 Å². The number of carbonyl (C=O) groups excluding carboxylic acids is 1. The number of amides is 1. The molecule has 23 heavy (non-hydrogen) atoms. The number of rotatable bonds is 6. The van der Waals surface area contributed by atoms with Gasteiger partial charge in [-0.2, -0.15) is 0 Å². The summed E-state index contributed by atoms with van der Waals surface area (Å²) < 4.78 is 18.6. The Morgan fingerprint density at radius 2 is 2.04 bits per heavy atom. The van der Waals surface area contributed by atoms with E-state index in [0.717, 1.165) is 18.1 Å². The van der Waals surface area contributed by atoms with Gasteiger partial charge in [0, 0.05) is 0 Å².